The third-order valence-corrected chi connectivity index (χ3v) is 6.00. The number of rotatable bonds is 3. The van der Waals surface area contributed by atoms with Crippen LogP contribution in [0.2, 0.25) is 0 Å². The molecule has 0 unspecified atom stereocenters. The van der Waals surface area contributed by atoms with Crippen molar-refractivity contribution in [2.45, 2.75) is 31.1 Å². The number of hydrogen-bond acceptors (Lipinski definition) is 6. The molecule has 7 heteroatoms. The first-order valence-corrected chi connectivity index (χ1v) is 9.82. The molecule has 1 aliphatic carbocycles. The van der Waals surface area contributed by atoms with Gasteiger partial charge < -0.3 is 8.60 Å². The van der Waals surface area contributed by atoms with Gasteiger partial charge in [-0.05, 0) is 54.3 Å². The van der Waals surface area contributed by atoms with E-state index in [4.69, 9.17) is 8.60 Å². The minimum atomic E-state index is -4.16. The standard InChI is InChI=1S/C20H16O6S/c1-11-3-6-17(20-15(21)9-12(2)19(11)20)26-27(23,24)14-5-7-16-13(10-14)4-8-18(22)25-16/h3-8,10,12H,9H2,1-2H3/t12-/m0/s1. The molecule has 0 saturated heterocycles. The number of hydrogen-bond donors (Lipinski definition) is 0. The molecule has 2 aromatic carbocycles. The van der Waals surface area contributed by atoms with Crippen molar-refractivity contribution >= 4 is 26.9 Å². The Labute approximate surface area is 155 Å². The summed E-state index contributed by atoms with van der Waals surface area (Å²) < 4.78 is 35.9. The van der Waals surface area contributed by atoms with Gasteiger partial charge in [-0.25, -0.2) is 4.79 Å². The monoisotopic (exact) mass is 384 g/mol. The first-order chi connectivity index (χ1) is 12.8. The fraction of sp³-hybridized carbons (Fsp3) is 0.200. The predicted octanol–water partition coefficient (Wildman–Crippen LogP) is 3.56. The molecule has 0 amide bonds. The Morgan fingerprint density at radius 1 is 1.07 bits per heavy atom. The predicted molar refractivity (Wildman–Crippen MR) is 98.8 cm³/mol. The molecular weight excluding hydrogens is 368 g/mol. The lowest BCUT2D eigenvalue weighted by atomic mass is 9.98. The lowest BCUT2D eigenvalue weighted by Gasteiger charge is -2.13. The Morgan fingerprint density at radius 3 is 2.63 bits per heavy atom. The third-order valence-electron chi connectivity index (χ3n) is 4.77. The van der Waals surface area contributed by atoms with Gasteiger partial charge in [0, 0.05) is 17.9 Å². The van der Waals surface area contributed by atoms with Gasteiger partial charge in [-0.2, -0.15) is 8.42 Å². The number of aryl methyl sites for hydroxylation is 1. The highest BCUT2D eigenvalue weighted by Crippen LogP contribution is 2.41. The maximum Gasteiger partial charge on any atom is 0.339 e. The summed E-state index contributed by atoms with van der Waals surface area (Å²) in [5, 5.41) is 0.457. The molecule has 4 rings (SSSR count). The third kappa shape index (κ3) is 2.94. The molecule has 0 bridgehead atoms. The summed E-state index contributed by atoms with van der Waals surface area (Å²) in [5.74, 6) is -0.0429. The molecule has 0 aliphatic heterocycles. The van der Waals surface area contributed by atoms with Crippen LogP contribution in [0.5, 0.6) is 5.75 Å². The van der Waals surface area contributed by atoms with E-state index in [1.165, 1.54) is 36.4 Å². The van der Waals surface area contributed by atoms with Crippen LogP contribution >= 0.6 is 0 Å². The van der Waals surface area contributed by atoms with Crippen LogP contribution in [0.4, 0.5) is 0 Å². The second kappa shape index (κ2) is 6.06. The first kappa shape index (κ1) is 17.5. The van der Waals surface area contributed by atoms with E-state index in [-0.39, 0.29) is 27.9 Å². The van der Waals surface area contributed by atoms with Crippen LogP contribution in [0.3, 0.4) is 0 Å². The highest BCUT2D eigenvalue weighted by molar-refractivity contribution is 7.87. The average Bonchev–Trinajstić information content (AvgIpc) is 2.92. The number of carbonyl (C=O) groups excluding carboxylic acids is 1. The Morgan fingerprint density at radius 2 is 1.85 bits per heavy atom. The summed E-state index contributed by atoms with van der Waals surface area (Å²) in [6, 6.07) is 10.0. The van der Waals surface area contributed by atoms with E-state index < -0.39 is 15.7 Å². The van der Waals surface area contributed by atoms with Crippen molar-refractivity contribution < 1.29 is 21.8 Å². The van der Waals surface area contributed by atoms with Gasteiger partial charge in [-0.1, -0.05) is 13.0 Å². The van der Waals surface area contributed by atoms with Crippen molar-refractivity contribution in [3.8, 4) is 5.75 Å². The highest BCUT2D eigenvalue weighted by Gasteiger charge is 2.32. The van der Waals surface area contributed by atoms with E-state index in [0.717, 1.165) is 11.1 Å². The zero-order valence-electron chi connectivity index (χ0n) is 14.7. The fourth-order valence-electron chi connectivity index (χ4n) is 3.55. The van der Waals surface area contributed by atoms with Crippen LogP contribution in [0.15, 0.2) is 56.6 Å². The highest BCUT2D eigenvalue weighted by atomic mass is 32.2. The normalized spacial score (nSPS) is 16.5. The molecule has 1 aromatic heterocycles. The first-order valence-electron chi connectivity index (χ1n) is 8.41. The number of Topliss-reactive ketones (excluding diaryl/α,β-unsaturated/α-hetero) is 1. The van der Waals surface area contributed by atoms with E-state index in [2.05, 4.69) is 0 Å². The van der Waals surface area contributed by atoms with Crippen LogP contribution in [-0.4, -0.2) is 14.2 Å². The van der Waals surface area contributed by atoms with Crippen LogP contribution < -0.4 is 9.81 Å². The molecule has 138 valence electrons. The molecule has 0 radical (unpaired) electrons. The molecule has 27 heavy (non-hydrogen) atoms. The smallest absolute Gasteiger partial charge is 0.339 e. The van der Waals surface area contributed by atoms with Gasteiger partial charge in [0.05, 0.1) is 5.56 Å². The van der Waals surface area contributed by atoms with Gasteiger partial charge in [0.1, 0.15) is 10.5 Å². The van der Waals surface area contributed by atoms with Gasteiger partial charge in [-0.15, -0.1) is 0 Å². The topological polar surface area (TPSA) is 90.7 Å². The maximum atomic E-state index is 12.8. The largest absolute Gasteiger partial charge is 0.423 e. The molecule has 1 aliphatic rings. The lowest BCUT2D eigenvalue weighted by Crippen LogP contribution is -2.12. The van der Waals surface area contributed by atoms with E-state index in [9.17, 15) is 18.0 Å². The molecule has 0 spiro atoms. The Bertz CT molecular complexity index is 1250. The zero-order chi connectivity index (χ0) is 19.3. The van der Waals surface area contributed by atoms with Crippen molar-refractivity contribution in [3.05, 3.63) is 69.6 Å². The minimum Gasteiger partial charge on any atom is -0.423 e. The SMILES string of the molecule is Cc1ccc(OS(=O)(=O)c2ccc3oc(=O)ccc3c2)c2c1[C@@H](C)CC2=O. The van der Waals surface area contributed by atoms with Gasteiger partial charge in [-0.3, -0.25) is 4.79 Å². The van der Waals surface area contributed by atoms with E-state index in [1.54, 1.807) is 6.07 Å². The molecule has 0 fully saturated rings. The van der Waals surface area contributed by atoms with E-state index in [1.807, 2.05) is 13.8 Å². The second-order valence-electron chi connectivity index (χ2n) is 6.69. The van der Waals surface area contributed by atoms with E-state index >= 15 is 0 Å². The van der Waals surface area contributed by atoms with Crippen molar-refractivity contribution in [2.24, 2.45) is 0 Å². The summed E-state index contributed by atoms with van der Waals surface area (Å²) >= 11 is 0. The van der Waals surface area contributed by atoms with Crippen LogP contribution in [0.25, 0.3) is 11.0 Å². The van der Waals surface area contributed by atoms with Crippen LogP contribution in [-0.2, 0) is 10.1 Å². The van der Waals surface area contributed by atoms with Crippen molar-refractivity contribution in [1.29, 1.82) is 0 Å². The molecule has 6 nitrogen and oxygen atoms in total. The summed E-state index contributed by atoms with van der Waals surface area (Å²) in [6.07, 6.45) is 0.339. The van der Waals surface area contributed by atoms with Crippen LogP contribution in [0, 0.1) is 6.92 Å². The Kier molecular flexibility index (Phi) is 3.92. The molecule has 3 aromatic rings. The molecule has 1 heterocycles. The summed E-state index contributed by atoms with van der Waals surface area (Å²) in [5.41, 5.74) is 1.89. The zero-order valence-corrected chi connectivity index (χ0v) is 15.5. The molecular formula is C20H16O6S. The van der Waals surface area contributed by atoms with Gasteiger partial charge in [0.25, 0.3) is 0 Å². The van der Waals surface area contributed by atoms with E-state index in [0.29, 0.717) is 17.4 Å². The Hall–Kier alpha value is -2.93. The van der Waals surface area contributed by atoms with Crippen molar-refractivity contribution in [2.75, 3.05) is 0 Å². The van der Waals surface area contributed by atoms with Gasteiger partial charge >= 0.3 is 15.7 Å². The molecule has 0 N–H and O–H groups in total. The second-order valence-corrected chi connectivity index (χ2v) is 8.24. The quantitative estimate of drug-likeness (QED) is 0.507. The summed E-state index contributed by atoms with van der Waals surface area (Å²) in [4.78, 5) is 23.5. The Balaban J connectivity index is 1.78. The summed E-state index contributed by atoms with van der Waals surface area (Å²) in [7, 11) is -4.16. The number of fused-ring (bicyclic) bond motifs is 2. The van der Waals surface area contributed by atoms with Crippen LogP contribution in [0.1, 0.15) is 40.7 Å². The molecule has 1 atom stereocenters. The maximum absolute atomic E-state index is 12.8. The lowest BCUT2D eigenvalue weighted by molar-refractivity contribution is 0.0989. The van der Waals surface area contributed by atoms with Gasteiger partial charge in [0.15, 0.2) is 11.5 Å². The average molecular weight is 384 g/mol. The fourth-order valence-corrected chi connectivity index (χ4v) is 4.53. The summed E-state index contributed by atoms with van der Waals surface area (Å²) in [6.45, 7) is 3.83. The number of ketones is 1. The van der Waals surface area contributed by atoms with Crippen molar-refractivity contribution in [3.63, 3.8) is 0 Å². The van der Waals surface area contributed by atoms with Crippen molar-refractivity contribution in [1.82, 2.24) is 0 Å². The number of carbonyl (C=O) groups is 1. The minimum absolute atomic E-state index is 0.0299. The molecule has 0 saturated carbocycles. The number of benzene rings is 2. The van der Waals surface area contributed by atoms with Gasteiger partial charge in [0.2, 0.25) is 0 Å².